The highest BCUT2D eigenvalue weighted by Crippen LogP contribution is 2.26. The van der Waals surface area contributed by atoms with Crippen molar-refractivity contribution in [3.05, 3.63) is 41.2 Å². The van der Waals surface area contributed by atoms with E-state index in [-0.39, 0.29) is 6.42 Å². The van der Waals surface area contributed by atoms with Crippen LogP contribution >= 0.6 is 11.5 Å². The minimum absolute atomic E-state index is 0.287. The summed E-state index contributed by atoms with van der Waals surface area (Å²) in [5.41, 5.74) is 0.409. The van der Waals surface area contributed by atoms with E-state index in [0.29, 0.717) is 17.4 Å². The highest BCUT2D eigenvalue weighted by molar-refractivity contribution is 7.09. The highest BCUT2D eigenvalue weighted by atomic mass is 32.1. The molecule has 0 radical (unpaired) electrons. The molecule has 1 aliphatic rings. The van der Waals surface area contributed by atoms with Crippen LogP contribution in [0.4, 0.5) is 13.9 Å². The van der Waals surface area contributed by atoms with E-state index in [1.54, 1.807) is 0 Å². The van der Waals surface area contributed by atoms with Crippen LogP contribution in [0.25, 0.3) is 0 Å². The van der Waals surface area contributed by atoms with Crippen molar-refractivity contribution in [1.82, 2.24) is 9.36 Å². The van der Waals surface area contributed by atoms with Gasteiger partial charge in [0.1, 0.15) is 17.5 Å². The molecule has 1 aliphatic carbocycles. The first-order chi connectivity index (χ1) is 8.70. The maximum atomic E-state index is 13.5. The fourth-order valence-corrected chi connectivity index (χ4v) is 2.28. The molecule has 1 fully saturated rings. The smallest absolute Gasteiger partial charge is 0.202 e. The summed E-state index contributed by atoms with van der Waals surface area (Å²) in [6.07, 6.45) is 2.62. The van der Waals surface area contributed by atoms with Crippen LogP contribution in [-0.4, -0.2) is 15.4 Å². The summed E-state index contributed by atoms with van der Waals surface area (Å²) < 4.78 is 30.4. The fourth-order valence-electron chi connectivity index (χ4n) is 1.62. The van der Waals surface area contributed by atoms with Gasteiger partial charge in [-0.3, -0.25) is 0 Å². The van der Waals surface area contributed by atoms with Gasteiger partial charge in [-0.05, 0) is 24.5 Å². The van der Waals surface area contributed by atoms with Gasteiger partial charge in [-0.15, -0.1) is 0 Å². The van der Waals surface area contributed by atoms with Crippen LogP contribution in [0.2, 0.25) is 0 Å². The van der Waals surface area contributed by atoms with Crippen LogP contribution in [0.3, 0.4) is 0 Å². The Labute approximate surface area is 107 Å². The third-order valence-electron chi connectivity index (χ3n) is 2.74. The molecule has 0 spiro atoms. The molecule has 1 heterocycles. The monoisotopic (exact) mass is 267 g/mol. The molecule has 1 aromatic heterocycles. The molecule has 1 aromatic carbocycles. The zero-order valence-corrected chi connectivity index (χ0v) is 10.3. The Kier molecular flexibility index (Phi) is 2.95. The van der Waals surface area contributed by atoms with Crippen molar-refractivity contribution in [3.8, 4) is 0 Å². The highest BCUT2D eigenvalue weighted by Gasteiger charge is 2.22. The molecule has 3 nitrogen and oxygen atoms in total. The molecule has 3 rings (SSSR count). The molecule has 0 bridgehead atoms. The van der Waals surface area contributed by atoms with Crippen molar-refractivity contribution in [2.45, 2.75) is 25.3 Å². The maximum Gasteiger partial charge on any atom is 0.202 e. The number of rotatable bonds is 4. The van der Waals surface area contributed by atoms with Crippen molar-refractivity contribution < 1.29 is 8.78 Å². The van der Waals surface area contributed by atoms with E-state index in [4.69, 9.17) is 0 Å². The normalized spacial score (nSPS) is 14.8. The second kappa shape index (κ2) is 4.61. The summed E-state index contributed by atoms with van der Waals surface area (Å²) in [4.78, 5) is 4.29. The van der Waals surface area contributed by atoms with Crippen molar-refractivity contribution in [2.75, 3.05) is 5.32 Å². The number of hydrogen-bond donors (Lipinski definition) is 1. The van der Waals surface area contributed by atoms with E-state index in [1.165, 1.54) is 36.5 Å². The van der Waals surface area contributed by atoms with Crippen LogP contribution in [0.1, 0.15) is 24.2 Å². The SMILES string of the molecule is Fc1ccc(Cc2nsc(NC3CC3)n2)c(F)c1. The second-order valence-corrected chi connectivity index (χ2v) is 5.10. The van der Waals surface area contributed by atoms with Gasteiger partial charge in [0.15, 0.2) is 0 Å². The van der Waals surface area contributed by atoms with Crippen LogP contribution in [0.15, 0.2) is 18.2 Å². The number of halogens is 2. The molecular weight excluding hydrogens is 256 g/mol. The lowest BCUT2D eigenvalue weighted by Crippen LogP contribution is -2.00. The predicted molar refractivity (Wildman–Crippen MR) is 65.7 cm³/mol. The molecule has 2 aromatic rings. The van der Waals surface area contributed by atoms with E-state index in [2.05, 4.69) is 14.7 Å². The molecule has 0 saturated heterocycles. The molecule has 0 unspecified atom stereocenters. The standard InChI is InChI=1S/C12H11F2N3S/c13-8-2-1-7(10(14)6-8)5-11-16-12(18-17-11)15-9-3-4-9/h1-2,6,9H,3-5H2,(H,15,16,17). The molecule has 0 atom stereocenters. The van der Waals surface area contributed by atoms with Crippen LogP contribution in [-0.2, 0) is 6.42 Å². The first-order valence-electron chi connectivity index (χ1n) is 5.74. The Balaban J connectivity index is 1.72. The summed E-state index contributed by atoms with van der Waals surface area (Å²) in [6, 6.07) is 4.08. The Morgan fingerprint density at radius 2 is 2.17 bits per heavy atom. The lowest BCUT2D eigenvalue weighted by Gasteiger charge is -2.00. The van der Waals surface area contributed by atoms with Gasteiger partial charge >= 0.3 is 0 Å². The minimum Gasteiger partial charge on any atom is -0.358 e. The Morgan fingerprint density at radius 1 is 1.33 bits per heavy atom. The zero-order valence-electron chi connectivity index (χ0n) is 9.49. The summed E-state index contributed by atoms with van der Waals surface area (Å²) in [5.74, 6) is -0.561. The number of benzene rings is 1. The van der Waals surface area contributed by atoms with Gasteiger partial charge < -0.3 is 5.32 Å². The average molecular weight is 267 g/mol. The summed E-state index contributed by atoms with van der Waals surface area (Å²) in [6.45, 7) is 0. The first-order valence-corrected chi connectivity index (χ1v) is 6.51. The number of hydrogen-bond acceptors (Lipinski definition) is 4. The van der Waals surface area contributed by atoms with Crippen molar-refractivity contribution >= 4 is 16.7 Å². The van der Waals surface area contributed by atoms with E-state index in [1.807, 2.05) is 0 Å². The second-order valence-electron chi connectivity index (χ2n) is 4.35. The summed E-state index contributed by atoms with van der Waals surface area (Å²) in [7, 11) is 0. The molecule has 1 N–H and O–H groups in total. The van der Waals surface area contributed by atoms with E-state index in [0.717, 1.165) is 11.2 Å². The Hall–Kier alpha value is -1.56. The third-order valence-corrected chi connectivity index (χ3v) is 3.42. The molecule has 94 valence electrons. The van der Waals surface area contributed by atoms with Crippen molar-refractivity contribution in [3.63, 3.8) is 0 Å². The van der Waals surface area contributed by atoms with Gasteiger partial charge in [0.25, 0.3) is 0 Å². The van der Waals surface area contributed by atoms with Gasteiger partial charge in [-0.25, -0.2) is 13.8 Å². The van der Waals surface area contributed by atoms with E-state index >= 15 is 0 Å². The zero-order chi connectivity index (χ0) is 12.5. The lowest BCUT2D eigenvalue weighted by molar-refractivity contribution is 0.574. The fraction of sp³-hybridized carbons (Fsp3) is 0.333. The van der Waals surface area contributed by atoms with Gasteiger partial charge in [-0.1, -0.05) is 6.07 Å². The van der Waals surface area contributed by atoms with E-state index in [9.17, 15) is 8.78 Å². The van der Waals surface area contributed by atoms with Crippen LogP contribution in [0, 0.1) is 11.6 Å². The molecular formula is C12H11F2N3S. The molecule has 0 amide bonds. The van der Waals surface area contributed by atoms with E-state index < -0.39 is 11.6 Å². The molecule has 0 aliphatic heterocycles. The number of nitrogens with zero attached hydrogens (tertiary/aromatic N) is 2. The quantitative estimate of drug-likeness (QED) is 0.925. The molecule has 18 heavy (non-hydrogen) atoms. The maximum absolute atomic E-state index is 13.5. The van der Waals surface area contributed by atoms with Crippen LogP contribution < -0.4 is 5.32 Å². The van der Waals surface area contributed by atoms with Gasteiger partial charge in [0.05, 0.1) is 0 Å². The Bertz CT molecular complexity index is 566. The number of aromatic nitrogens is 2. The number of nitrogens with one attached hydrogen (secondary N) is 1. The number of anilines is 1. The summed E-state index contributed by atoms with van der Waals surface area (Å²) in [5, 5.41) is 4.01. The summed E-state index contributed by atoms with van der Waals surface area (Å²) >= 11 is 1.28. The predicted octanol–water partition coefficient (Wildman–Crippen LogP) is 2.98. The molecule has 1 saturated carbocycles. The van der Waals surface area contributed by atoms with Gasteiger partial charge in [0.2, 0.25) is 5.13 Å². The van der Waals surface area contributed by atoms with Crippen LogP contribution in [0.5, 0.6) is 0 Å². The lowest BCUT2D eigenvalue weighted by atomic mass is 10.1. The van der Waals surface area contributed by atoms with Gasteiger partial charge in [-0.2, -0.15) is 4.37 Å². The third kappa shape index (κ3) is 2.64. The minimum atomic E-state index is -0.571. The topological polar surface area (TPSA) is 37.8 Å². The average Bonchev–Trinajstić information content (AvgIpc) is 3.02. The largest absolute Gasteiger partial charge is 0.358 e. The molecule has 6 heteroatoms. The van der Waals surface area contributed by atoms with Crippen molar-refractivity contribution in [1.29, 1.82) is 0 Å². The van der Waals surface area contributed by atoms with Gasteiger partial charge in [0, 0.05) is 30.1 Å². The first kappa shape index (κ1) is 11.5. The van der Waals surface area contributed by atoms with Crippen molar-refractivity contribution in [2.24, 2.45) is 0 Å². The Morgan fingerprint density at radius 3 is 2.89 bits per heavy atom.